The van der Waals surface area contributed by atoms with E-state index < -0.39 is 0 Å². The fraction of sp³-hybridized carbons (Fsp3) is 0.615. The van der Waals surface area contributed by atoms with E-state index in [1.165, 1.54) is 5.56 Å². The zero-order valence-electron chi connectivity index (χ0n) is 10.4. The molecule has 0 aliphatic carbocycles. The number of anilines is 1. The third-order valence-electron chi connectivity index (χ3n) is 3.16. The van der Waals surface area contributed by atoms with E-state index in [9.17, 15) is 0 Å². The van der Waals surface area contributed by atoms with Gasteiger partial charge in [0.15, 0.2) is 0 Å². The molecule has 0 saturated carbocycles. The molecule has 3 N–H and O–H groups in total. The number of piperidine rings is 1. The Morgan fingerprint density at radius 3 is 2.94 bits per heavy atom. The van der Waals surface area contributed by atoms with E-state index in [0.29, 0.717) is 11.7 Å². The maximum Gasteiger partial charge on any atom is 0.127 e. The maximum atomic E-state index is 5.78. The number of rotatable bonds is 4. The predicted octanol–water partition coefficient (Wildman–Crippen LogP) is 1.92. The fourth-order valence-electron chi connectivity index (χ4n) is 2.24. The first-order valence-corrected chi connectivity index (χ1v) is 6.40. The van der Waals surface area contributed by atoms with Gasteiger partial charge in [-0.25, -0.2) is 4.98 Å². The number of aromatic nitrogens is 1. The molecule has 4 heteroatoms. The van der Waals surface area contributed by atoms with Crippen LogP contribution in [-0.2, 0) is 0 Å². The molecule has 0 unspecified atom stereocenters. The Morgan fingerprint density at radius 2 is 2.24 bits per heavy atom. The van der Waals surface area contributed by atoms with Crippen molar-refractivity contribution in [1.29, 1.82) is 0 Å². The van der Waals surface area contributed by atoms with Crippen molar-refractivity contribution in [1.82, 2.24) is 10.3 Å². The van der Waals surface area contributed by atoms with Crippen LogP contribution in [0.15, 0.2) is 12.3 Å². The fourth-order valence-corrected chi connectivity index (χ4v) is 2.24. The second-order valence-corrected chi connectivity index (χ2v) is 4.52. The molecule has 1 saturated heterocycles. The topological polar surface area (TPSA) is 60.2 Å². The van der Waals surface area contributed by atoms with Crippen LogP contribution in [0.3, 0.4) is 0 Å². The molecule has 17 heavy (non-hydrogen) atoms. The van der Waals surface area contributed by atoms with Crippen molar-refractivity contribution >= 4 is 5.82 Å². The lowest BCUT2D eigenvalue weighted by Crippen LogP contribution is -2.27. The molecule has 0 bridgehead atoms. The maximum absolute atomic E-state index is 5.78. The second kappa shape index (κ2) is 5.87. The number of ether oxygens (including phenoxy) is 1. The number of nitrogens with one attached hydrogen (secondary N) is 1. The summed E-state index contributed by atoms with van der Waals surface area (Å²) in [7, 11) is 0. The van der Waals surface area contributed by atoms with Gasteiger partial charge in [-0.15, -0.1) is 0 Å². The van der Waals surface area contributed by atoms with Crippen LogP contribution in [0.5, 0.6) is 5.75 Å². The van der Waals surface area contributed by atoms with Gasteiger partial charge in [0.2, 0.25) is 0 Å². The van der Waals surface area contributed by atoms with Gasteiger partial charge in [0.05, 0.1) is 6.61 Å². The molecule has 0 spiro atoms. The smallest absolute Gasteiger partial charge is 0.127 e. The van der Waals surface area contributed by atoms with Gasteiger partial charge in [-0.2, -0.15) is 0 Å². The molecule has 2 rings (SSSR count). The molecule has 1 fully saturated rings. The molecule has 4 nitrogen and oxygen atoms in total. The zero-order chi connectivity index (χ0) is 12.1. The summed E-state index contributed by atoms with van der Waals surface area (Å²) in [5, 5.41) is 3.37. The summed E-state index contributed by atoms with van der Waals surface area (Å²) in [6.45, 7) is 4.99. The first-order chi connectivity index (χ1) is 8.31. The average Bonchev–Trinajstić information content (AvgIpc) is 2.37. The Kier molecular flexibility index (Phi) is 4.20. The van der Waals surface area contributed by atoms with E-state index in [-0.39, 0.29) is 0 Å². The highest BCUT2D eigenvalue weighted by molar-refractivity contribution is 5.43. The number of hydrogen-bond acceptors (Lipinski definition) is 4. The van der Waals surface area contributed by atoms with Crippen molar-refractivity contribution in [2.24, 2.45) is 0 Å². The standard InChI is InChI=1S/C13H21N3O/c1-2-7-17-12-8-13(14)16-9-11(12)10-3-5-15-6-4-10/h8-10,15H,2-7H2,1H3,(H2,14,16). The second-order valence-electron chi connectivity index (χ2n) is 4.52. The minimum atomic E-state index is 0.536. The van der Waals surface area contributed by atoms with Gasteiger partial charge in [0.25, 0.3) is 0 Å². The lowest BCUT2D eigenvalue weighted by atomic mass is 9.91. The van der Waals surface area contributed by atoms with Crippen LogP contribution in [0.1, 0.15) is 37.7 Å². The molecule has 0 atom stereocenters. The molecule has 0 amide bonds. The minimum absolute atomic E-state index is 0.536. The highest BCUT2D eigenvalue weighted by Gasteiger charge is 2.19. The van der Waals surface area contributed by atoms with Crippen molar-refractivity contribution in [3.63, 3.8) is 0 Å². The summed E-state index contributed by atoms with van der Waals surface area (Å²) in [6.07, 6.45) is 5.19. The number of hydrogen-bond donors (Lipinski definition) is 2. The van der Waals surface area contributed by atoms with Crippen LogP contribution in [0, 0.1) is 0 Å². The first kappa shape index (κ1) is 12.2. The van der Waals surface area contributed by atoms with Crippen LogP contribution in [0.4, 0.5) is 5.82 Å². The van der Waals surface area contributed by atoms with Crippen LogP contribution in [-0.4, -0.2) is 24.7 Å². The van der Waals surface area contributed by atoms with E-state index in [2.05, 4.69) is 17.2 Å². The third-order valence-corrected chi connectivity index (χ3v) is 3.16. The Labute approximate surface area is 103 Å². The Bertz CT molecular complexity index is 362. The lowest BCUT2D eigenvalue weighted by molar-refractivity contribution is 0.308. The minimum Gasteiger partial charge on any atom is -0.493 e. The molecular formula is C13H21N3O. The van der Waals surface area contributed by atoms with E-state index in [1.54, 1.807) is 0 Å². The molecule has 1 aliphatic rings. The van der Waals surface area contributed by atoms with Crippen LogP contribution in [0.2, 0.25) is 0 Å². The van der Waals surface area contributed by atoms with Crippen LogP contribution < -0.4 is 15.8 Å². The van der Waals surface area contributed by atoms with Crippen LogP contribution in [0.25, 0.3) is 0 Å². The Morgan fingerprint density at radius 1 is 1.47 bits per heavy atom. The monoisotopic (exact) mass is 235 g/mol. The van der Waals surface area contributed by atoms with Crippen LogP contribution >= 0.6 is 0 Å². The van der Waals surface area contributed by atoms with Crippen molar-refractivity contribution in [3.8, 4) is 5.75 Å². The van der Waals surface area contributed by atoms with Crippen molar-refractivity contribution in [2.75, 3.05) is 25.4 Å². The number of nitrogens with two attached hydrogens (primary N) is 1. The van der Waals surface area contributed by atoms with Gasteiger partial charge in [0.1, 0.15) is 11.6 Å². The molecule has 1 aromatic rings. The molecule has 2 heterocycles. The number of nitrogens with zero attached hydrogens (tertiary/aromatic N) is 1. The molecule has 1 aromatic heterocycles. The summed E-state index contributed by atoms with van der Waals surface area (Å²) < 4.78 is 5.78. The molecule has 94 valence electrons. The Balaban J connectivity index is 2.18. The van der Waals surface area contributed by atoms with Gasteiger partial charge in [-0.1, -0.05) is 6.92 Å². The van der Waals surface area contributed by atoms with Crippen molar-refractivity contribution in [3.05, 3.63) is 17.8 Å². The van der Waals surface area contributed by atoms with Gasteiger partial charge >= 0.3 is 0 Å². The quantitative estimate of drug-likeness (QED) is 0.837. The molecule has 0 aromatic carbocycles. The Hall–Kier alpha value is -1.29. The SMILES string of the molecule is CCCOc1cc(N)ncc1C1CCNCC1. The summed E-state index contributed by atoms with van der Waals surface area (Å²) in [6, 6.07) is 1.85. The normalized spacial score (nSPS) is 17.0. The van der Waals surface area contributed by atoms with Crippen molar-refractivity contribution in [2.45, 2.75) is 32.1 Å². The first-order valence-electron chi connectivity index (χ1n) is 6.40. The average molecular weight is 235 g/mol. The zero-order valence-corrected chi connectivity index (χ0v) is 10.4. The highest BCUT2D eigenvalue weighted by Crippen LogP contribution is 2.33. The van der Waals surface area contributed by atoms with Crippen molar-refractivity contribution < 1.29 is 4.74 Å². The van der Waals surface area contributed by atoms with E-state index in [4.69, 9.17) is 10.5 Å². The molecular weight excluding hydrogens is 214 g/mol. The summed E-state index contributed by atoms with van der Waals surface area (Å²) in [4.78, 5) is 4.20. The lowest BCUT2D eigenvalue weighted by Gasteiger charge is -2.24. The predicted molar refractivity (Wildman–Crippen MR) is 69.3 cm³/mol. The largest absolute Gasteiger partial charge is 0.493 e. The van der Waals surface area contributed by atoms with Gasteiger partial charge in [-0.05, 0) is 38.3 Å². The third kappa shape index (κ3) is 3.09. The van der Waals surface area contributed by atoms with Gasteiger partial charge < -0.3 is 15.8 Å². The van der Waals surface area contributed by atoms with E-state index in [0.717, 1.165) is 44.7 Å². The summed E-state index contributed by atoms with van der Waals surface area (Å²) in [5.41, 5.74) is 6.94. The number of nitrogen functional groups attached to an aromatic ring is 1. The number of pyridine rings is 1. The van der Waals surface area contributed by atoms with Gasteiger partial charge in [-0.3, -0.25) is 0 Å². The molecule has 1 aliphatic heterocycles. The molecule has 0 radical (unpaired) electrons. The highest BCUT2D eigenvalue weighted by atomic mass is 16.5. The summed E-state index contributed by atoms with van der Waals surface area (Å²) >= 11 is 0. The summed E-state index contributed by atoms with van der Waals surface area (Å²) in [5.74, 6) is 2.01. The van der Waals surface area contributed by atoms with E-state index >= 15 is 0 Å². The van der Waals surface area contributed by atoms with E-state index in [1.807, 2.05) is 12.3 Å². The van der Waals surface area contributed by atoms with Gasteiger partial charge in [0, 0.05) is 17.8 Å².